The van der Waals surface area contributed by atoms with Gasteiger partial charge in [-0.25, -0.2) is 9.78 Å². The van der Waals surface area contributed by atoms with Crippen LogP contribution in [0.15, 0.2) is 31.0 Å². The number of nitrogens with zero attached hydrogens (tertiary/aromatic N) is 1. The van der Waals surface area contributed by atoms with Crippen LogP contribution in [0.1, 0.15) is 10.4 Å². The molecule has 0 saturated heterocycles. The van der Waals surface area contributed by atoms with Gasteiger partial charge in [0.15, 0.2) is 0 Å². The third-order valence-electron chi connectivity index (χ3n) is 1.34. The van der Waals surface area contributed by atoms with E-state index in [4.69, 9.17) is 9.84 Å². The number of aromatic nitrogens is 1. The first-order valence-corrected chi connectivity index (χ1v) is 3.67. The maximum atomic E-state index is 11.2. The lowest BCUT2D eigenvalue weighted by molar-refractivity contribution is 0.0545. The van der Waals surface area contributed by atoms with Gasteiger partial charge in [-0.2, -0.15) is 0 Å². The average molecular weight is 179 g/mol. The van der Waals surface area contributed by atoms with Crippen molar-refractivity contribution in [2.75, 3.05) is 6.61 Å². The zero-order valence-electron chi connectivity index (χ0n) is 6.93. The molecule has 0 fully saturated rings. The predicted molar refractivity (Wildman–Crippen MR) is 46.4 cm³/mol. The second-order valence-corrected chi connectivity index (χ2v) is 2.26. The average Bonchev–Trinajstić information content (AvgIpc) is 2.15. The van der Waals surface area contributed by atoms with Crippen molar-refractivity contribution >= 4 is 5.97 Å². The van der Waals surface area contributed by atoms with Gasteiger partial charge < -0.3 is 9.84 Å². The molecule has 0 aliphatic carbocycles. The molecule has 1 aromatic heterocycles. The van der Waals surface area contributed by atoms with Crippen LogP contribution in [0.5, 0.6) is 5.88 Å². The van der Waals surface area contributed by atoms with E-state index in [0.717, 1.165) is 0 Å². The molecular formula is C9H9NO3. The molecule has 0 unspecified atom stereocenters. The Bertz CT molecular complexity index is 322. The first-order valence-electron chi connectivity index (χ1n) is 3.67. The first-order chi connectivity index (χ1) is 6.25. The van der Waals surface area contributed by atoms with E-state index in [1.54, 1.807) is 6.07 Å². The highest BCUT2D eigenvalue weighted by Crippen LogP contribution is 2.12. The molecule has 0 bridgehead atoms. The molecule has 0 aromatic carbocycles. The fraction of sp³-hybridized carbons (Fsp3) is 0.111. The Kier molecular flexibility index (Phi) is 3.03. The molecule has 0 radical (unpaired) electrons. The molecule has 4 heteroatoms. The van der Waals surface area contributed by atoms with Crippen molar-refractivity contribution in [3.8, 4) is 5.88 Å². The summed E-state index contributed by atoms with van der Waals surface area (Å²) in [7, 11) is 0. The number of ether oxygens (including phenoxy) is 1. The molecule has 0 spiro atoms. The van der Waals surface area contributed by atoms with Crippen LogP contribution < -0.4 is 0 Å². The van der Waals surface area contributed by atoms with Gasteiger partial charge in [0.25, 0.3) is 0 Å². The highest BCUT2D eigenvalue weighted by atomic mass is 16.5. The number of esters is 1. The second-order valence-electron chi connectivity index (χ2n) is 2.26. The minimum Gasteiger partial charge on any atom is -0.493 e. The number of carbonyl (C=O) groups is 1. The molecule has 1 rings (SSSR count). The molecule has 0 saturated carbocycles. The van der Waals surface area contributed by atoms with E-state index in [1.165, 1.54) is 18.3 Å². The highest BCUT2D eigenvalue weighted by molar-refractivity contribution is 5.91. The molecule has 4 nitrogen and oxygen atoms in total. The Morgan fingerprint density at radius 2 is 2.54 bits per heavy atom. The van der Waals surface area contributed by atoms with Crippen LogP contribution in [0.2, 0.25) is 0 Å². The van der Waals surface area contributed by atoms with Crippen molar-refractivity contribution in [2.24, 2.45) is 0 Å². The van der Waals surface area contributed by atoms with E-state index in [9.17, 15) is 4.79 Å². The van der Waals surface area contributed by atoms with E-state index >= 15 is 0 Å². The molecular weight excluding hydrogens is 170 g/mol. The third-order valence-corrected chi connectivity index (χ3v) is 1.34. The topological polar surface area (TPSA) is 59.4 Å². The van der Waals surface area contributed by atoms with Crippen LogP contribution in [0, 0.1) is 0 Å². The summed E-state index contributed by atoms with van der Waals surface area (Å²) in [6.45, 7) is 3.51. The summed E-state index contributed by atoms with van der Waals surface area (Å²) >= 11 is 0. The first kappa shape index (κ1) is 9.25. The van der Waals surface area contributed by atoms with Crippen LogP contribution in [-0.4, -0.2) is 22.7 Å². The van der Waals surface area contributed by atoms with Crippen LogP contribution in [0.4, 0.5) is 0 Å². The molecule has 13 heavy (non-hydrogen) atoms. The van der Waals surface area contributed by atoms with Crippen LogP contribution in [0.25, 0.3) is 0 Å². The van der Waals surface area contributed by atoms with E-state index in [-0.39, 0.29) is 18.1 Å². The van der Waals surface area contributed by atoms with Gasteiger partial charge in [0.05, 0.1) is 0 Å². The monoisotopic (exact) mass is 179 g/mol. The number of hydrogen-bond acceptors (Lipinski definition) is 4. The number of pyridine rings is 1. The Balaban J connectivity index is 2.76. The van der Waals surface area contributed by atoms with Crippen LogP contribution in [0.3, 0.4) is 0 Å². The smallest absolute Gasteiger partial charge is 0.343 e. The zero-order chi connectivity index (χ0) is 9.68. The number of rotatable bonds is 3. The summed E-state index contributed by atoms with van der Waals surface area (Å²) in [5.74, 6) is -0.929. The summed E-state index contributed by atoms with van der Waals surface area (Å²) in [4.78, 5) is 14.7. The van der Waals surface area contributed by atoms with Crippen LogP contribution in [-0.2, 0) is 4.74 Å². The quantitative estimate of drug-likeness (QED) is 0.558. The predicted octanol–water partition coefficient (Wildman–Crippen LogP) is 1.13. The molecule has 1 heterocycles. The molecule has 68 valence electrons. The minimum absolute atomic E-state index is 0.0596. The number of carbonyl (C=O) groups excluding carboxylic acids is 1. The third kappa shape index (κ3) is 2.30. The maximum absolute atomic E-state index is 11.2. The second kappa shape index (κ2) is 4.25. The van der Waals surface area contributed by atoms with E-state index in [2.05, 4.69) is 11.6 Å². The molecule has 0 aliphatic rings. The lowest BCUT2D eigenvalue weighted by Gasteiger charge is -2.01. The Hall–Kier alpha value is -1.84. The van der Waals surface area contributed by atoms with Crippen molar-refractivity contribution < 1.29 is 14.6 Å². The van der Waals surface area contributed by atoms with Crippen molar-refractivity contribution in [1.29, 1.82) is 0 Å². The summed E-state index contributed by atoms with van der Waals surface area (Å²) in [6.07, 6.45) is 2.84. The van der Waals surface area contributed by atoms with Gasteiger partial charge in [0.1, 0.15) is 12.2 Å². The highest BCUT2D eigenvalue weighted by Gasteiger charge is 2.11. The Morgan fingerprint density at radius 1 is 1.77 bits per heavy atom. The number of aromatic hydroxyl groups is 1. The Morgan fingerprint density at radius 3 is 3.15 bits per heavy atom. The van der Waals surface area contributed by atoms with Gasteiger partial charge >= 0.3 is 5.97 Å². The van der Waals surface area contributed by atoms with Crippen LogP contribution >= 0.6 is 0 Å². The summed E-state index contributed by atoms with van der Waals surface area (Å²) in [5, 5.41) is 9.14. The molecule has 0 amide bonds. The van der Waals surface area contributed by atoms with E-state index < -0.39 is 5.97 Å². The molecule has 0 atom stereocenters. The van der Waals surface area contributed by atoms with Gasteiger partial charge in [0, 0.05) is 6.20 Å². The van der Waals surface area contributed by atoms with Crippen molar-refractivity contribution in [2.45, 2.75) is 0 Å². The fourth-order valence-electron chi connectivity index (χ4n) is 0.769. The lowest BCUT2D eigenvalue weighted by atomic mass is 10.3. The maximum Gasteiger partial charge on any atom is 0.343 e. The van der Waals surface area contributed by atoms with Crippen molar-refractivity contribution in [1.82, 2.24) is 4.98 Å². The zero-order valence-corrected chi connectivity index (χ0v) is 6.93. The van der Waals surface area contributed by atoms with Crippen molar-refractivity contribution in [3.05, 3.63) is 36.5 Å². The lowest BCUT2D eigenvalue weighted by Crippen LogP contribution is -2.05. The largest absolute Gasteiger partial charge is 0.493 e. The minimum atomic E-state index is -0.606. The summed E-state index contributed by atoms with van der Waals surface area (Å²) in [6, 6.07) is 2.98. The summed E-state index contributed by atoms with van der Waals surface area (Å²) in [5.41, 5.74) is 0.0596. The van der Waals surface area contributed by atoms with Gasteiger partial charge in [0.2, 0.25) is 5.88 Å². The normalized spacial score (nSPS) is 9.23. The summed E-state index contributed by atoms with van der Waals surface area (Å²) < 4.78 is 4.70. The van der Waals surface area contributed by atoms with Gasteiger partial charge in [-0.15, -0.1) is 0 Å². The van der Waals surface area contributed by atoms with E-state index in [0.29, 0.717) is 0 Å². The SMILES string of the molecule is C=CCOC(=O)c1cccnc1O. The fourth-order valence-corrected chi connectivity index (χ4v) is 0.769. The van der Waals surface area contributed by atoms with E-state index in [1.807, 2.05) is 0 Å². The number of hydrogen-bond donors (Lipinski definition) is 1. The Labute approximate surface area is 75.5 Å². The molecule has 0 aliphatic heterocycles. The van der Waals surface area contributed by atoms with Gasteiger partial charge in [-0.05, 0) is 12.1 Å². The van der Waals surface area contributed by atoms with Gasteiger partial charge in [-0.1, -0.05) is 12.7 Å². The van der Waals surface area contributed by atoms with Crippen molar-refractivity contribution in [3.63, 3.8) is 0 Å². The van der Waals surface area contributed by atoms with Gasteiger partial charge in [-0.3, -0.25) is 0 Å². The standard InChI is InChI=1S/C9H9NO3/c1-2-6-13-9(12)7-4-3-5-10-8(7)11/h2-5H,1,6H2,(H,10,11). The molecule has 1 aromatic rings. The molecule has 1 N–H and O–H groups in total.